The molecule has 2 atom stereocenters. The van der Waals surface area contributed by atoms with Gasteiger partial charge in [-0.05, 0) is 39.2 Å². The summed E-state index contributed by atoms with van der Waals surface area (Å²) in [5.41, 5.74) is -0.207. The number of carbonyl (C=O) groups excluding carboxylic acids is 1. The minimum Gasteiger partial charge on any atom is -0.353 e. The number of piperidine rings is 1. The molecule has 0 aromatic carbocycles. The van der Waals surface area contributed by atoms with Gasteiger partial charge in [-0.15, -0.1) is 12.4 Å². The van der Waals surface area contributed by atoms with E-state index >= 15 is 0 Å². The van der Waals surface area contributed by atoms with Gasteiger partial charge in [-0.1, -0.05) is 13.8 Å². The Kier molecular flexibility index (Phi) is 6.34. The van der Waals surface area contributed by atoms with Crippen molar-refractivity contribution in [2.45, 2.75) is 46.6 Å². The standard InChI is InChI=1S/C12H24N2O.ClH/c1-9(2)10(3)14-11(15)12(4)6-5-7-13-8-12;/h9-10,13H,5-8H2,1-4H3,(H,14,15);1H. The summed E-state index contributed by atoms with van der Waals surface area (Å²) in [6.45, 7) is 10.2. The van der Waals surface area contributed by atoms with Crippen LogP contribution in [0.5, 0.6) is 0 Å². The average Bonchev–Trinajstić information content (AvgIpc) is 2.18. The fourth-order valence-electron chi connectivity index (χ4n) is 1.80. The third-order valence-corrected chi connectivity index (χ3v) is 3.50. The molecular weight excluding hydrogens is 224 g/mol. The zero-order chi connectivity index (χ0) is 11.5. The molecule has 4 heteroatoms. The Balaban J connectivity index is 0.00000225. The van der Waals surface area contributed by atoms with Crippen molar-refractivity contribution < 1.29 is 4.79 Å². The fourth-order valence-corrected chi connectivity index (χ4v) is 1.80. The maximum Gasteiger partial charge on any atom is 0.227 e. The van der Waals surface area contributed by atoms with Crippen LogP contribution in [-0.2, 0) is 4.79 Å². The van der Waals surface area contributed by atoms with E-state index in [2.05, 4.69) is 38.3 Å². The van der Waals surface area contributed by atoms with Gasteiger partial charge in [0.05, 0.1) is 5.41 Å². The predicted octanol–water partition coefficient (Wildman–Crippen LogP) is 1.96. The summed E-state index contributed by atoms with van der Waals surface area (Å²) in [5, 5.41) is 6.41. The van der Waals surface area contributed by atoms with Crippen molar-refractivity contribution in [3.8, 4) is 0 Å². The minimum absolute atomic E-state index is 0. The van der Waals surface area contributed by atoms with E-state index in [-0.39, 0.29) is 29.8 Å². The van der Waals surface area contributed by atoms with E-state index in [1.165, 1.54) is 0 Å². The number of hydrogen-bond donors (Lipinski definition) is 2. The largest absolute Gasteiger partial charge is 0.353 e. The molecule has 0 aromatic heterocycles. The number of carbonyl (C=O) groups is 1. The van der Waals surface area contributed by atoms with Gasteiger partial charge in [0.15, 0.2) is 0 Å². The first-order chi connectivity index (χ1) is 6.96. The smallest absolute Gasteiger partial charge is 0.227 e. The van der Waals surface area contributed by atoms with Crippen molar-refractivity contribution in [3.63, 3.8) is 0 Å². The topological polar surface area (TPSA) is 41.1 Å². The molecule has 1 amide bonds. The fraction of sp³-hybridized carbons (Fsp3) is 0.917. The minimum atomic E-state index is -0.207. The Bertz CT molecular complexity index is 225. The van der Waals surface area contributed by atoms with Gasteiger partial charge in [0, 0.05) is 12.6 Å². The summed E-state index contributed by atoms with van der Waals surface area (Å²) in [6, 6.07) is 0.260. The molecule has 1 fully saturated rings. The summed E-state index contributed by atoms with van der Waals surface area (Å²) in [7, 11) is 0. The molecule has 1 aliphatic rings. The molecule has 0 bridgehead atoms. The van der Waals surface area contributed by atoms with Gasteiger partial charge in [-0.25, -0.2) is 0 Å². The highest BCUT2D eigenvalue weighted by atomic mass is 35.5. The first-order valence-corrected chi connectivity index (χ1v) is 5.97. The van der Waals surface area contributed by atoms with E-state index in [4.69, 9.17) is 0 Å². The SMILES string of the molecule is CC(C)C(C)NC(=O)C1(C)CCCNC1.Cl. The molecule has 2 N–H and O–H groups in total. The molecule has 0 spiro atoms. The van der Waals surface area contributed by atoms with Crippen LogP contribution >= 0.6 is 12.4 Å². The third kappa shape index (κ3) is 3.95. The molecule has 1 rings (SSSR count). The van der Waals surface area contributed by atoms with E-state index in [0.29, 0.717) is 5.92 Å². The molecule has 16 heavy (non-hydrogen) atoms. The lowest BCUT2D eigenvalue weighted by atomic mass is 9.81. The Morgan fingerprint density at radius 2 is 2.00 bits per heavy atom. The van der Waals surface area contributed by atoms with Crippen LogP contribution in [0, 0.1) is 11.3 Å². The molecule has 1 saturated heterocycles. The second-order valence-corrected chi connectivity index (χ2v) is 5.35. The van der Waals surface area contributed by atoms with Gasteiger partial charge in [-0.3, -0.25) is 4.79 Å². The van der Waals surface area contributed by atoms with Crippen LogP contribution in [0.3, 0.4) is 0 Å². The van der Waals surface area contributed by atoms with Crippen molar-refractivity contribution in [2.24, 2.45) is 11.3 Å². The van der Waals surface area contributed by atoms with E-state index < -0.39 is 0 Å². The summed E-state index contributed by atoms with van der Waals surface area (Å²) < 4.78 is 0. The van der Waals surface area contributed by atoms with Crippen LogP contribution in [0.15, 0.2) is 0 Å². The molecule has 1 heterocycles. The summed E-state index contributed by atoms with van der Waals surface area (Å²) in [5.74, 6) is 0.699. The second-order valence-electron chi connectivity index (χ2n) is 5.35. The highest BCUT2D eigenvalue weighted by Gasteiger charge is 2.35. The monoisotopic (exact) mass is 248 g/mol. The highest BCUT2D eigenvalue weighted by Crippen LogP contribution is 2.25. The van der Waals surface area contributed by atoms with Crippen LogP contribution in [0.4, 0.5) is 0 Å². The Hall–Kier alpha value is -0.280. The molecule has 96 valence electrons. The van der Waals surface area contributed by atoms with Crippen molar-refractivity contribution in [1.82, 2.24) is 10.6 Å². The highest BCUT2D eigenvalue weighted by molar-refractivity contribution is 5.85. The first kappa shape index (κ1) is 15.7. The Morgan fingerprint density at radius 1 is 1.38 bits per heavy atom. The van der Waals surface area contributed by atoms with Gasteiger partial charge in [0.25, 0.3) is 0 Å². The van der Waals surface area contributed by atoms with Crippen LogP contribution in [0.1, 0.15) is 40.5 Å². The number of nitrogens with one attached hydrogen (secondary N) is 2. The average molecular weight is 249 g/mol. The van der Waals surface area contributed by atoms with E-state index in [1.54, 1.807) is 0 Å². The number of halogens is 1. The lowest BCUT2D eigenvalue weighted by Crippen LogP contribution is -2.51. The third-order valence-electron chi connectivity index (χ3n) is 3.50. The molecule has 0 saturated carbocycles. The van der Waals surface area contributed by atoms with Gasteiger partial charge in [0.1, 0.15) is 0 Å². The van der Waals surface area contributed by atoms with Crippen molar-refractivity contribution in [1.29, 1.82) is 0 Å². The molecule has 0 aliphatic carbocycles. The van der Waals surface area contributed by atoms with Crippen molar-refractivity contribution in [2.75, 3.05) is 13.1 Å². The predicted molar refractivity (Wildman–Crippen MR) is 69.9 cm³/mol. The van der Waals surface area contributed by atoms with Crippen molar-refractivity contribution >= 4 is 18.3 Å². The number of rotatable bonds is 3. The maximum atomic E-state index is 12.1. The zero-order valence-corrected chi connectivity index (χ0v) is 11.6. The maximum absolute atomic E-state index is 12.1. The van der Waals surface area contributed by atoms with Crippen LogP contribution in [-0.4, -0.2) is 25.0 Å². The summed E-state index contributed by atoms with van der Waals surface area (Å²) in [4.78, 5) is 12.1. The zero-order valence-electron chi connectivity index (χ0n) is 10.8. The molecule has 3 nitrogen and oxygen atoms in total. The van der Waals surface area contributed by atoms with E-state index in [1.807, 2.05) is 0 Å². The van der Waals surface area contributed by atoms with Crippen LogP contribution in [0.2, 0.25) is 0 Å². The van der Waals surface area contributed by atoms with Gasteiger partial charge in [0.2, 0.25) is 5.91 Å². The van der Waals surface area contributed by atoms with Crippen molar-refractivity contribution in [3.05, 3.63) is 0 Å². The van der Waals surface area contributed by atoms with Gasteiger partial charge < -0.3 is 10.6 Å². The normalized spacial score (nSPS) is 27.1. The van der Waals surface area contributed by atoms with E-state index in [0.717, 1.165) is 25.9 Å². The summed E-state index contributed by atoms with van der Waals surface area (Å²) in [6.07, 6.45) is 2.09. The van der Waals surface area contributed by atoms with E-state index in [9.17, 15) is 4.79 Å². The second kappa shape index (κ2) is 6.45. The number of hydrogen-bond acceptors (Lipinski definition) is 2. The first-order valence-electron chi connectivity index (χ1n) is 5.97. The van der Waals surface area contributed by atoms with Crippen LogP contribution < -0.4 is 10.6 Å². The quantitative estimate of drug-likeness (QED) is 0.802. The molecular formula is C12H25ClN2O. The van der Waals surface area contributed by atoms with Crippen LogP contribution in [0.25, 0.3) is 0 Å². The molecule has 1 aliphatic heterocycles. The number of amides is 1. The Morgan fingerprint density at radius 3 is 2.44 bits per heavy atom. The van der Waals surface area contributed by atoms with Gasteiger partial charge >= 0.3 is 0 Å². The lowest BCUT2D eigenvalue weighted by molar-refractivity contribution is -0.132. The lowest BCUT2D eigenvalue weighted by Gasteiger charge is -2.34. The molecule has 0 radical (unpaired) electrons. The summed E-state index contributed by atoms with van der Waals surface area (Å²) >= 11 is 0. The Labute approximate surface area is 105 Å². The molecule has 2 unspecified atom stereocenters. The molecule has 0 aromatic rings. The van der Waals surface area contributed by atoms with Gasteiger partial charge in [-0.2, -0.15) is 0 Å².